The Kier molecular flexibility index (Phi) is 1.65. The molecule has 40 valence electrons. The molecule has 0 spiro atoms. The summed E-state index contributed by atoms with van der Waals surface area (Å²) in [6.07, 6.45) is 0. The predicted molar refractivity (Wildman–Crippen MR) is 37.7 cm³/mol. The van der Waals surface area contributed by atoms with E-state index in [1.165, 1.54) is 5.56 Å². The van der Waals surface area contributed by atoms with Crippen molar-refractivity contribution < 1.29 is 0 Å². The Morgan fingerprint density at radius 3 is 2.50 bits per heavy atom. The molecule has 1 heteroatoms. The molecule has 0 heterocycles. The minimum absolute atomic E-state index is 1.03. The zero-order valence-corrected chi connectivity index (χ0v) is 5.65. The fourth-order valence-electron chi connectivity index (χ4n) is 0.628. The molecule has 0 aliphatic rings. The molecular weight excluding hydrogens is 115 g/mol. The third-order valence-electron chi connectivity index (χ3n) is 1.00. The third-order valence-corrected chi connectivity index (χ3v) is 1.28. The Labute approximate surface area is 52.1 Å². The number of benzene rings is 1. The molecule has 1 rings (SSSR count). The molecule has 0 nitrogen and oxygen atoms in total. The van der Waals surface area contributed by atoms with Gasteiger partial charge in [-0.25, -0.2) is 0 Å². The van der Waals surface area contributed by atoms with Crippen molar-refractivity contribution in [1.29, 1.82) is 0 Å². The molecule has 0 atom stereocenters. The normalized spacial score (nSPS) is 9.25. The summed E-state index contributed by atoms with van der Waals surface area (Å²) in [5.41, 5.74) is 1.26. The van der Waals surface area contributed by atoms with Crippen molar-refractivity contribution in [3.63, 3.8) is 0 Å². The first-order valence-corrected chi connectivity index (χ1v) is 2.99. The standard InChI is InChI=1S/C7H7P/c1-6-3-2-4-7(8)5-6/h2-5H,1H3. The molecule has 0 N–H and O–H groups in total. The quantitative estimate of drug-likeness (QED) is 0.462. The van der Waals surface area contributed by atoms with Crippen LogP contribution in [0, 0.1) is 6.92 Å². The van der Waals surface area contributed by atoms with Crippen LogP contribution < -0.4 is 5.30 Å². The monoisotopic (exact) mass is 122 g/mol. The lowest BCUT2D eigenvalue weighted by molar-refractivity contribution is 1.50. The van der Waals surface area contributed by atoms with Crippen LogP contribution in [0.1, 0.15) is 5.56 Å². The summed E-state index contributed by atoms with van der Waals surface area (Å²) in [5.74, 6) is 0. The van der Waals surface area contributed by atoms with Gasteiger partial charge in [-0.05, 0) is 21.5 Å². The summed E-state index contributed by atoms with van der Waals surface area (Å²) < 4.78 is 0. The van der Waals surface area contributed by atoms with Gasteiger partial charge in [0.05, 0.1) is 0 Å². The molecule has 0 aliphatic carbocycles. The van der Waals surface area contributed by atoms with E-state index in [1.54, 1.807) is 0 Å². The van der Waals surface area contributed by atoms with Gasteiger partial charge in [0.1, 0.15) is 0 Å². The topological polar surface area (TPSA) is 0 Å². The Hall–Kier alpha value is -0.350. The Bertz CT molecular complexity index is 164. The molecule has 0 fully saturated rings. The van der Waals surface area contributed by atoms with Crippen molar-refractivity contribution in [2.45, 2.75) is 6.92 Å². The van der Waals surface area contributed by atoms with Crippen LogP contribution in [0.15, 0.2) is 24.3 Å². The van der Waals surface area contributed by atoms with Crippen LogP contribution in [0.2, 0.25) is 0 Å². The van der Waals surface area contributed by atoms with Crippen molar-refractivity contribution in [3.05, 3.63) is 29.8 Å². The zero-order chi connectivity index (χ0) is 5.98. The van der Waals surface area contributed by atoms with Crippen molar-refractivity contribution >= 4 is 14.5 Å². The van der Waals surface area contributed by atoms with E-state index in [2.05, 4.69) is 22.2 Å². The minimum Gasteiger partial charge on any atom is -0.0613 e. The first-order chi connectivity index (χ1) is 3.79. The second kappa shape index (κ2) is 2.28. The van der Waals surface area contributed by atoms with Crippen molar-refractivity contribution in [1.82, 2.24) is 0 Å². The molecule has 0 saturated carbocycles. The van der Waals surface area contributed by atoms with Crippen LogP contribution in [0.3, 0.4) is 0 Å². The lowest BCUT2D eigenvalue weighted by Crippen LogP contribution is -1.87. The molecule has 0 aromatic heterocycles. The van der Waals surface area contributed by atoms with Crippen LogP contribution in [0.4, 0.5) is 0 Å². The number of hydrogen-bond acceptors (Lipinski definition) is 0. The zero-order valence-electron chi connectivity index (χ0n) is 4.76. The maximum atomic E-state index is 4.15. The first-order valence-electron chi connectivity index (χ1n) is 2.54. The Morgan fingerprint density at radius 1 is 1.38 bits per heavy atom. The Balaban J connectivity index is 3.08. The smallest absolute Gasteiger partial charge is 0.00562 e. The van der Waals surface area contributed by atoms with E-state index >= 15 is 0 Å². The first kappa shape index (κ1) is 5.78. The summed E-state index contributed by atoms with van der Waals surface area (Å²) >= 11 is 0. The highest BCUT2D eigenvalue weighted by Gasteiger charge is 1.81. The van der Waals surface area contributed by atoms with Crippen LogP contribution in [0.25, 0.3) is 0 Å². The van der Waals surface area contributed by atoms with Gasteiger partial charge in [-0.1, -0.05) is 29.8 Å². The van der Waals surface area contributed by atoms with Crippen molar-refractivity contribution in [2.75, 3.05) is 0 Å². The summed E-state index contributed by atoms with van der Waals surface area (Å²) in [5, 5.41) is 1.03. The fourth-order valence-corrected chi connectivity index (χ4v) is 0.918. The molecule has 0 bridgehead atoms. The van der Waals surface area contributed by atoms with Crippen LogP contribution >= 0.6 is 9.24 Å². The van der Waals surface area contributed by atoms with E-state index in [-0.39, 0.29) is 0 Å². The van der Waals surface area contributed by atoms with Crippen molar-refractivity contribution in [2.24, 2.45) is 0 Å². The largest absolute Gasteiger partial charge is 0.0613 e. The van der Waals surface area contributed by atoms with Gasteiger partial charge < -0.3 is 0 Å². The molecule has 0 saturated heterocycles. The van der Waals surface area contributed by atoms with Gasteiger partial charge in [0.15, 0.2) is 0 Å². The molecule has 0 unspecified atom stereocenters. The van der Waals surface area contributed by atoms with Gasteiger partial charge in [-0.15, -0.1) is 0 Å². The van der Waals surface area contributed by atoms with Crippen LogP contribution in [-0.2, 0) is 0 Å². The summed E-state index contributed by atoms with van der Waals surface area (Å²) in [7, 11) is 4.15. The van der Waals surface area contributed by atoms with Crippen LogP contribution in [-0.4, -0.2) is 0 Å². The van der Waals surface area contributed by atoms with Gasteiger partial charge in [0.2, 0.25) is 0 Å². The predicted octanol–water partition coefficient (Wildman–Crippen LogP) is 2.03. The maximum Gasteiger partial charge on any atom is -0.00562 e. The van der Waals surface area contributed by atoms with E-state index in [0.29, 0.717) is 0 Å². The van der Waals surface area contributed by atoms with Gasteiger partial charge in [0.25, 0.3) is 0 Å². The highest BCUT2D eigenvalue weighted by molar-refractivity contribution is 7.27. The highest BCUT2D eigenvalue weighted by atomic mass is 31.0. The molecule has 0 amide bonds. The molecule has 2 radical (unpaired) electrons. The molecule has 1 aromatic carbocycles. The van der Waals surface area contributed by atoms with E-state index in [1.807, 2.05) is 18.2 Å². The lowest BCUT2D eigenvalue weighted by atomic mass is 10.2. The molecule has 8 heavy (non-hydrogen) atoms. The third kappa shape index (κ3) is 1.31. The summed E-state index contributed by atoms with van der Waals surface area (Å²) in [6, 6.07) is 8.05. The summed E-state index contributed by atoms with van der Waals surface area (Å²) in [4.78, 5) is 0. The van der Waals surface area contributed by atoms with Crippen molar-refractivity contribution in [3.8, 4) is 0 Å². The van der Waals surface area contributed by atoms with Gasteiger partial charge in [0, 0.05) is 0 Å². The molecule has 1 aromatic rings. The highest BCUT2D eigenvalue weighted by Crippen LogP contribution is 1.95. The molecular formula is C7H7P. The lowest BCUT2D eigenvalue weighted by Gasteiger charge is -1.89. The van der Waals surface area contributed by atoms with E-state index in [9.17, 15) is 0 Å². The summed E-state index contributed by atoms with van der Waals surface area (Å²) in [6.45, 7) is 2.06. The van der Waals surface area contributed by atoms with Crippen LogP contribution in [0.5, 0.6) is 0 Å². The number of hydrogen-bond donors (Lipinski definition) is 0. The van der Waals surface area contributed by atoms with Gasteiger partial charge >= 0.3 is 0 Å². The number of aryl methyl sites for hydroxylation is 1. The fraction of sp³-hybridized carbons (Fsp3) is 0.143. The van der Waals surface area contributed by atoms with Gasteiger partial charge in [-0.3, -0.25) is 0 Å². The maximum absolute atomic E-state index is 4.15. The van der Waals surface area contributed by atoms with E-state index in [0.717, 1.165) is 5.30 Å². The van der Waals surface area contributed by atoms with Gasteiger partial charge in [-0.2, -0.15) is 0 Å². The number of rotatable bonds is 0. The minimum atomic E-state index is 1.03. The average molecular weight is 122 g/mol. The second-order valence-electron chi connectivity index (χ2n) is 1.84. The second-order valence-corrected chi connectivity index (χ2v) is 2.36. The molecule has 0 aliphatic heterocycles. The average Bonchev–Trinajstić information content (AvgIpc) is 1.64. The van der Waals surface area contributed by atoms with E-state index in [4.69, 9.17) is 0 Å². The van der Waals surface area contributed by atoms with E-state index < -0.39 is 0 Å². The SMILES string of the molecule is Cc1cccc([P])c1. The Morgan fingerprint density at radius 2 is 2.12 bits per heavy atom.